The van der Waals surface area contributed by atoms with E-state index in [2.05, 4.69) is 15.5 Å². The van der Waals surface area contributed by atoms with Gasteiger partial charge >= 0.3 is 0 Å². The zero-order valence-electron chi connectivity index (χ0n) is 13.6. The van der Waals surface area contributed by atoms with Gasteiger partial charge in [-0.15, -0.1) is 0 Å². The third-order valence-corrected chi connectivity index (χ3v) is 3.75. The smallest absolute Gasteiger partial charge is 0.254 e. The first-order chi connectivity index (χ1) is 12.1. The lowest BCUT2D eigenvalue weighted by Gasteiger charge is -2.07. The SMILES string of the molecule is CCOCCNC(=O)c1ccc2[nH]nc(-c3cccc(F)c3)c2c1F. The van der Waals surface area contributed by atoms with Crippen LogP contribution in [0.4, 0.5) is 8.78 Å². The Morgan fingerprint density at radius 2 is 2.12 bits per heavy atom. The molecule has 0 saturated heterocycles. The summed E-state index contributed by atoms with van der Waals surface area (Å²) in [5.74, 6) is -1.68. The Kier molecular flexibility index (Phi) is 5.04. The van der Waals surface area contributed by atoms with E-state index in [-0.39, 0.29) is 23.2 Å². The lowest BCUT2D eigenvalue weighted by molar-refractivity contribution is 0.0919. The lowest BCUT2D eigenvalue weighted by Crippen LogP contribution is -2.28. The number of halogens is 2. The van der Waals surface area contributed by atoms with Gasteiger partial charge in [-0.1, -0.05) is 12.1 Å². The van der Waals surface area contributed by atoms with Crippen LogP contribution in [0.3, 0.4) is 0 Å². The molecule has 0 bridgehead atoms. The number of benzene rings is 2. The number of hydrogen-bond donors (Lipinski definition) is 2. The zero-order valence-corrected chi connectivity index (χ0v) is 13.6. The summed E-state index contributed by atoms with van der Waals surface area (Å²) in [6, 6.07) is 8.68. The second-order valence-electron chi connectivity index (χ2n) is 5.39. The van der Waals surface area contributed by atoms with E-state index >= 15 is 0 Å². The predicted octanol–water partition coefficient (Wildman–Crippen LogP) is 3.27. The van der Waals surface area contributed by atoms with Crippen molar-refractivity contribution in [1.29, 1.82) is 0 Å². The highest BCUT2D eigenvalue weighted by Gasteiger charge is 2.19. The van der Waals surface area contributed by atoms with Crippen molar-refractivity contribution >= 4 is 16.8 Å². The van der Waals surface area contributed by atoms with Gasteiger partial charge in [0.25, 0.3) is 5.91 Å². The molecule has 130 valence electrons. The van der Waals surface area contributed by atoms with Crippen LogP contribution in [0.5, 0.6) is 0 Å². The normalized spacial score (nSPS) is 11.0. The minimum atomic E-state index is -0.695. The highest BCUT2D eigenvalue weighted by atomic mass is 19.1. The Morgan fingerprint density at radius 3 is 2.88 bits per heavy atom. The molecular weight excluding hydrogens is 328 g/mol. The van der Waals surface area contributed by atoms with Crippen LogP contribution in [0.1, 0.15) is 17.3 Å². The van der Waals surface area contributed by atoms with E-state index in [0.29, 0.717) is 24.3 Å². The molecule has 0 fully saturated rings. The number of aromatic nitrogens is 2. The Morgan fingerprint density at radius 1 is 1.28 bits per heavy atom. The molecule has 25 heavy (non-hydrogen) atoms. The summed E-state index contributed by atoms with van der Waals surface area (Å²) in [5, 5.41) is 9.54. The number of amides is 1. The van der Waals surface area contributed by atoms with Gasteiger partial charge in [0, 0.05) is 18.7 Å². The van der Waals surface area contributed by atoms with E-state index < -0.39 is 17.5 Å². The molecule has 2 N–H and O–H groups in total. The zero-order chi connectivity index (χ0) is 17.8. The molecule has 0 spiro atoms. The molecule has 0 unspecified atom stereocenters. The van der Waals surface area contributed by atoms with Gasteiger partial charge in [-0.25, -0.2) is 8.78 Å². The fraction of sp³-hybridized carbons (Fsp3) is 0.222. The van der Waals surface area contributed by atoms with Crippen molar-refractivity contribution in [2.45, 2.75) is 6.92 Å². The topological polar surface area (TPSA) is 67.0 Å². The molecule has 1 amide bonds. The average Bonchev–Trinajstić information content (AvgIpc) is 3.04. The maximum atomic E-state index is 14.9. The molecule has 0 aliphatic rings. The molecule has 2 aromatic carbocycles. The first-order valence-corrected chi connectivity index (χ1v) is 7.90. The van der Waals surface area contributed by atoms with Gasteiger partial charge in [-0.05, 0) is 31.2 Å². The summed E-state index contributed by atoms with van der Waals surface area (Å²) >= 11 is 0. The van der Waals surface area contributed by atoms with Gasteiger partial charge in [0.2, 0.25) is 0 Å². The van der Waals surface area contributed by atoms with Crippen LogP contribution in [-0.4, -0.2) is 35.9 Å². The van der Waals surface area contributed by atoms with Crippen LogP contribution in [0.15, 0.2) is 36.4 Å². The molecule has 5 nitrogen and oxygen atoms in total. The van der Waals surface area contributed by atoms with Crippen molar-refractivity contribution in [1.82, 2.24) is 15.5 Å². The molecule has 0 aliphatic carbocycles. The van der Waals surface area contributed by atoms with E-state index in [4.69, 9.17) is 4.74 Å². The number of H-pyrrole nitrogens is 1. The van der Waals surface area contributed by atoms with Crippen LogP contribution in [0, 0.1) is 11.6 Å². The first-order valence-electron chi connectivity index (χ1n) is 7.90. The van der Waals surface area contributed by atoms with Crippen LogP contribution in [0.25, 0.3) is 22.2 Å². The van der Waals surface area contributed by atoms with Gasteiger partial charge in [-0.2, -0.15) is 5.10 Å². The Bertz CT molecular complexity index is 908. The van der Waals surface area contributed by atoms with Gasteiger partial charge < -0.3 is 10.1 Å². The number of aromatic amines is 1. The maximum absolute atomic E-state index is 14.9. The molecule has 0 saturated carbocycles. The summed E-state index contributed by atoms with van der Waals surface area (Å²) in [7, 11) is 0. The van der Waals surface area contributed by atoms with Crippen molar-refractivity contribution in [3.8, 4) is 11.3 Å². The molecule has 3 aromatic rings. The highest BCUT2D eigenvalue weighted by Crippen LogP contribution is 2.30. The van der Waals surface area contributed by atoms with Crippen molar-refractivity contribution in [3.05, 3.63) is 53.6 Å². The van der Waals surface area contributed by atoms with Crippen LogP contribution >= 0.6 is 0 Å². The fourth-order valence-corrected chi connectivity index (χ4v) is 2.57. The summed E-state index contributed by atoms with van der Waals surface area (Å²) in [6.07, 6.45) is 0. The monoisotopic (exact) mass is 345 g/mol. The first kappa shape index (κ1) is 17.0. The van der Waals surface area contributed by atoms with Crippen molar-refractivity contribution < 1.29 is 18.3 Å². The molecule has 0 atom stereocenters. The maximum Gasteiger partial charge on any atom is 0.254 e. The average molecular weight is 345 g/mol. The quantitative estimate of drug-likeness (QED) is 0.674. The third-order valence-electron chi connectivity index (χ3n) is 3.75. The second-order valence-corrected chi connectivity index (χ2v) is 5.39. The Balaban J connectivity index is 1.96. The highest BCUT2D eigenvalue weighted by molar-refractivity contribution is 6.02. The van der Waals surface area contributed by atoms with Crippen LogP contribution in [0.2, 0.25) is 0 Å². The minimum Gasteiger partial charge on any atom is -0.380 e. The van der Waals surface area contributed by atoms with E-state index in [1.165, 1.54) is 24.3 Å². The van der Waals surface area contributed by atoms with Gasteiger partial charge in [0.1, 0.15) is 17.3 Å². The summed E-state index contributed by atoms with van der Waals surface area (Å²) < 4.78 is 33.5. The molecule has 7 heteroatoms. The van der Waals surface area contributed by atoms with Crippen LogP contribution in [-0.2, 0) is 4.74 Å². The Labute approximate surface area is 143 Å². The van der Waals surface area contributed by atoms with E-state index in [9.17, 15) is 13.6 Å². The molecule has 1 aromatic heterocycles. The standard InChI is InChI=1S/C18H17F2N3O2/c1-2-25-9-8-21-18(24)13-6-7-14-15(16(13)20)17(23-22-14)11-4-3-5-12(19)10-11/h3-7,10H,2,8-9H2,1H3,(H,21,24)(H,22,23). The molecule has 1 heterocycles. The summed E-state index contributed by atoms with van der Waals surface area (Å²) in [4.78, 5) is 12.2. The van der Waals surface area contributed by atoms with Crippen molar-refractivity contribution in [2.75, 3.05) is 19.8 Å². The molecular formula is C18H17F2N3O2. The number of nitrogens with one attached hydrogen (secondary N) is 2. The third kappa shape index (κ3) is 3.51. The van der Waals surface area contributed by atoms with E-state index in [0.717, 1.165) is 0 Å². The number of fused-ring (bicyclic) bond motifs is 1. The number of carbonyl (C=O) groups is 1. The van der Waals surface area contributed by atoms with Gasteiger partial charge in [0.15, 0.2) is 0 Å². The van der Waals surface area contributed by atoms with Crippen molar-refractivity contribution in [2.24, 2.45) is 0 Å². The number of nitrogens with zero attached hydrogens (tertiary/aromatic N) is 1. The molecule has 0 radical (unpaired) electrons. The Hall–Kier alpha value is -2.80. The van der Waals surface area contributed by atoms with E-state index in [1.54, 1.807) is 12.1 Å². The summed E-state index contributed by atoms with van der Waals surface area (Å²) in [5.41, 5.74) is 1.03. The fourth-order valence-electron chi connectivity index (χ4n) is 2.57. The van der Waals surface area contributed by atoms with Crippen molar-refractivity contribution in [3.63, 3.8) is 0 Å². The molecule has 0 aliphatic heterocycles. The number of ether oxygens (including phenoxy) is 1. The largest absolute Gasteiger partial charge is 0.380 e. The number of carbonyl (C=O) groups excluding carboxylic acids is 1. The summed E-state index contributed by atoms with van der Waals surface area (Å²) in [6.45, 7) is 3.03. The number of rotatable bonds is 6. The molecule has 3 rings (SSSR count). The minimum absolute atomic E-state index is 0.0944. The predicted molar refractivity (Wildman–Crippen MR) is 90.3 cm³/mol. The van der Waals surface area contributed by atoms with Gasteiger partial charge in [0.05, 0.1) is 23.1 Å². The number of hydrogen-bond acceptors (Lipinski definition) is 3. The second kappa shape index (κ2) is 7.40. The van der Waals surface area contributed by atoms with E-state index in [1.807, 2.05) is 6.92 Å². The van der Waals surface area contributed by atoms with Crippen LogP contribution < -0.4 is 5.32 Å². The lowest BCUT2D eigenvalue weighted by atomic mass is 10.0. The van der Waals surface area contributed by atoms with Gasteiger partial charge in [-0.3, -0.25) is 9.89 Å².